The van der Waals surface area contributed by atoms with Crippen LogP contribution in [0.5, 0.6) is 0 Å². The predicted molar refractivity (Wildman–Crippen MR) is 467 cm³/mol. The van der Waals surface area contributed by atoms with Crippen LogP contribution in [0.2, 0.25) is 0 Å². The van der Waals surface area contributed by atoms with Crippen LogP contribution < -0.4 is 18.3 Å². The molecule has 4 nitrogen and oxygen atoms in total. The van der Waals surface area contributed by atoms with E-state index in [1.165, 1.54) is 73.2 Å². The summed E-state index contributed by atoms with van der Waals surface area (Å²) in [6.45, 7) is -11.2. The minimum Gasteiger partial charge on any atom is -0.201 e. The van der Waals surface area contributed by atoms with E-state index in [9.17, 15) is 0 Å². The highest BCUT2D eigenvalue weighted by molar-refractivity contribution is 5.81. The minimum absolute atomic E-state index is 0.00468. The van der Waals surface area contributed by atoms with Gasteiger partial charge < -0.3 is 0 Å². The number of nitrogens with zero attached hydrogens (tertiary/aromatic N) is 4. The molecule has 0 unspecified atom stereocenters. The van der Waals surface area contributed by atoms with Gasteiger partial charge in [0.2, 0.25) is 22.8 Å². The Kier molecular flexibility index (Phi) is 13.6. The van der Waals surface area contributed by atoms with E-state index in [1.54, 1.807) is 244 Å². The summed E-state index contributed by atoms with van der Waals surface area (Å²) in [6.07, 6.45) is 4.68. The summed E-state index contributed by atoms with van der Waals surface area (Å²) in [6, 6.07) is 44.4. The highest BCUT2D eigenvalue weighted by atomic mass is 14.9. The second-order valence-electron chi connectivity index (χ2n) is 29.9. The first-order valence-corrected chi connectivity index (χ1v) is 36.5. The number of pyridine rings is 4. The van der Waals surface area contributed by atoms with Gasteiger partial charge in [-0.05, 0) is 316 Å². The van der Waals surface area contributed by atoms with Gasteiger partial charge in [-0.15, -0.1) is 0 Å². The van der Waals surface area contributed by atoms with E-state index < -0.39 is 118 Å². The average Bonchev–Trinajstić information content (AvgIpc) is 1.01. The summed E-state index contributed by atoms with van der Waals surface area (Å²) in [5.74, 6) is -2.75. The molecule has 0 aliphatic heterocycles. The molecule has 1 aliphatic rings. The molecule has 1 fully saturated rings. The molecule has 8 aromatic carbocycles. The Balaban J connectivity index is 0.000000206. The van der Waals surface area contributed by atoms with Crippen molar-refractivity contribution in [3.63, 3.8) is 0 Å². The third-order valence-electron chi connectivity index (χ3n) is 19.6. The standard InChI is InChI=1S/C27H32N.C27H34N.C26H32N.C25H30N/c1-18-10-6-9-13-23(18)25-15-26(20(3)14-19(25)2)27-16-24(21(4)17-28(27)5)22-11-7-8-12-22;1-18-11-9-10-12-23(18)24-15-25(20(3)13-19(24)2)26-14-22(16-27(5,6)7)21(4)17-28(26)8;1-17(2)12-22-14-26(27(7)16-21(22)6)25-15-24(19(4)13-20(25)5)23-11-9-8-10-18(23)3;1-16(2)22-14-25(26(7)15-20(22)6)24-13-23(18(4)12-19(24)5)21-11-9-8-10-17(21)3/h6,9-10,13-17,22H,7-8,11-12H2,1-5H3;9-15,17H,16H2,1-8H3;8-11,13-17H,12H2,1-7H3;8-16H,1-7H3/q4*+1/i1D3,2D3,4D3,22D;1D3,2D3,4D3,16D2;3D3,4D3,6D3,12D2;3D3,4D3,6D3,16D. The Morgan fingerprint density at radius 2 is 0.651 bits per heavy atom. The Bertz CT molecular complexity index is 6870. The van der Waals surface area contributed by atoms with Gasteiger partial charge in [0.15, 0.2) is 24.8 Å². The van der Waals surface area contributed by atoms with Gasteiger partial charge in [0.05, 0.1) is 0 Å². The molecule has 13 rings (SSSR count). The Morgan fingerprint density at radius 3 is 0.982 bits per heavy atom. The first kappa shape index (κ1) is 42.5. The summed E-state index contributed by atoms with van der Waals surface area (Å²) >= 11 is 0. The summed E-state index contributed by atoms with van der Waals surface area (Å²) in [5, 5.41) is 0. The Morgan fingerprint density at radius 1 is 0.349 bits per heavy atom. The summed E-state index contributed by atoms with van der Waals surface area (Å²) in [7, 11) is 6.71. The van der Waals surface area contributed by atoms with Crippen molar-refractivity contribution in [2.75, 3.05) is 0 Å². The van der Waals surface area contributed by atoms with Gasteiger partial charge in [0.25, 0.3) is 0 Å². The van der Waals surface area contributed by atoms with E-state index in [1.807, 2.05) is 0 Å². The Labute approximate surface area is 717 Å². The molecule has 564 valence electrons. The molecule has 0 N–H and O–H groups in total. The van der Waals surface area contributed by atoms with E-state index in [4.69, 9.17) is 57.6 Å². The smallest absolute Gasteiger partial charge is 0.201 e. The highest BCUT2D eigenvalue weighted by Crippen LogP contribution is 2.41. The molecule has 0 atom stereocenters. The maximum atomic E-state index is 9.12. The molecule has 0 spiro atoms. The quantitative estimate of drug-likeness (QED) is 0.102. The molecule has 1 aliphatic carbocycles. The molecule has 0 saturated heterocycles. The molecular weight excluding hydrogens is 1320 g/mol. The van der Waals surface area contributed by atoms with Crippen LogP contribution >= 0.6 is 0 Å². The fraction of sp³-hybridized carbons (Fsp3) is 0.352. The zero-order valence-corrected chi connectivity index (χ0v) is 65.2. The van der Waals surface area contributed by atoms with Crippen LogP contribution in [0, 0.1) is 121 Å². The van der Waals surface area contributed by atoms with Gasteiger partial charge in [0, 0.05) is 126 Å². The lowest BCUT2D eigenvalue weighted by molar-refractivity contribution is -0.660. The van der Waals surface area contributed by atoms with Gasteiger partial charge in [-0.2, -0.15) is 0 Å². The van der Waals surface area contributed by atoms with Crippen molar-refractivity contribution >= 4 is 0 Å². The van der Waals surface area contributed by atoms with Crippen LogP contribution in [0.25, 0.3) is 89.5 Å². The normalized spacial score (nSPS) is 20.0. The molecule has 0 bridgehead atoms. The predicted octanol–water partition coefficient (Wildman–Crippen LogP) is 25.9. The van der Waals surface area contributed by atoms with Crippen LogP contribution in [-0.2, 0) is 40.9 Å². The topological polar surface area (TPSA) is 15.5 Å². The number of aryl methyl sites for hydroxylation is 20. The third-order valence-corrected chi connectivity index (χ3v) is 19.6. The molecular formula is C105H128N4+4. The van der Waals surface area contributed by atoms with Crippen LogP contribution in [-0.4, -0.2) is 0 Å². The van der Waals surface area contributed by atoms with Gasteiger partial charge in [-0.3, -0.25) is 0 Å². The zero-order chi connectivity index (χ0) is 115. The monoisotopic (exact) mass is 1490 g/mol. The number of rotatable bonds is 13. The molecule has 4 aromatic heterocycles. The van der Waals surface area contributed by atoms with E-state index >= 15 is 0 Å². The number of aromatic nitrogens is 4. The van der Waals surface area contributed by atoms with E-state index in [0.717, 1.165) is 12.8 Å². The number of hydrogen-bond acceptors (Lipinski definition) is 0. The fourth-order valence-corrected chi connectivity index (χ4v) is 14.1. The second kappa shape index (κ2) is 34.9. The van der Waals surface area contributed by atoms with Crippen molar-refractivity contribution in [2.24, 2.45) is 39.5 Å². The van der Waals surface area contributed by atoms with E-state index in [2.05, 4.69) is 0 Å². The molecule has 109 heavy (non-hydrogen) atoms. The molecule has 0 radical (unpaired) electrons. The third kappa shape index (κ3) is 19.2. The number of hydrogen-bond donors (Lipinski definition) is 0. The van der Waals surface area contributed by atoms with Gasteiger partial charge in [-0.25, -0.2) is 18.3 Å². The summed E-state index contributed by atoms with van der Waals surface area (Å²) in [4.78, 5) is 0. The van der Waals surface area contributed by atoms with E-state index in [-0.39, 0.29) is 106 Å². The van der Waals surface area contributed by atoms with Crippen LogP contribution in [0.1, 0.15) is 255 Å². The van der Waals surface area contributed by atoms with Crippen molar-refractivity contribution in [1.82, 2.24) is 0 Å². The SMILES string of the molecule is [2H]C([2H])([2H])c1ccccc1-c1cc(-c2cc(C([2H])(C)C)c(C([2H])([2H])[2H])c[n+]2C)c(C)cc1C([2H])([2H])[2H].[2H]C([2H])([2H])c1ccccc1-c1cc(-c2cc(C([2H])([2H])C(C)(C)C)c(C([2H])([2H])[2H])c[n+]2C)c(C)cc1C([2H])([2H])[2H].[2H]C([2H])([2H])c1ccccc1-c1cc(-c2cc(C([2H])([2H])C(C)C)c(C([2H])([2H])[2H])c[n+]2C)c(C)cc1C([2H])([2H])[2H].[2H]C([2H])([2H])c1ccccc1-c1cc(-c2cc(C3([2H])CCCC3)c(C([2H])([2H])[2H])c[n+]2C)c(C)cc1C([2H])([2H])[2H]. The largest absolute Gasteiger partial charge is 0.212 e. The van der Waals surface area contributed by atoms with Gasteiger partial charge in [0.1, 0.15) is 28.2 Å². The van der Waals surface area contributed by atoms with Gasteiger partial charge >= 0.3 is 0 Å². The van der Waals surface area contributed by atoms with Crippen molar-refractivity contribution in [2.45, 2.75) is 209 Å². The lowest BCUT2D eigenvalue weighted by Crippen LogP contribution is -2.32. The van der Waals surface area contributed by atoms with Crippen LogP contribution in [0.15, 0.2) is 195 Å². The fourth-order valence-electron chi connectivity index (χ4n) is 14.1. The maximum Gasteiger partial charge on any atom is 0.212 e. The highest BCUT2D eigenvalue weighted by Gasteiger charge is 2.27. The molecule has 0 amide bonds. The van der Waals surface area contributed by atoms with Crippen molar-refractivity contribution < 1.29 is 75.8 Å². The van der Waals surface area contributed by atoms with Crippen molar-refractivity contribution in [3.8, 4) is 89.5 Å². The molecule has 4 heterocycles. The lowest BCUT2D eigenvalue weighted by Gasteiger charge is -2.20. The van der Waals surface area contributed by atoms with E-state index in [0.29, 0.717) is 108 Å². The first-order chi connectivity index (χ1) is 68.3. The Hall–Kier alpha value is -9.64. The average molecular weight is 1490 g/mol. The molecule has 1 saturated carbocycles. The summed E-state index contributed by atoms with van der Waals surface area (Å²) in [5.41, 5.74) is 9.15. The lowest BCUT2D eigenvalue weighted by atomic mass is 9.85. The minimum atomic E-state index is -2.58. The van der Waals surface area contributed by atoms with Crippen LogP contribution in [0.3, 0.4) is 0 Å². The van der Waals surface area contributed by atoms with Crippen molar-refractivity contribution in [1.29, 1.82) is 0 Å². The zero-order valence-electron chi connectivity index (χ0n) is 107. The molecule has 12 aromatic rings. The maximum absolute atomic E-state index is 9.12. The van der Waals surface area contributed by atoms with Gasteiger partial charge in [-0.1, -0.05) is 183 Å². The van der Waals surface area contributed by atoms with Crippen LogP contribution in [0.4, 0.5) is 0 Å². The second-order valence-corrected chi connectivity index (χ2v) is 29.9. The first-order valence-electron chi connectivity index (χ1n) is 57.5. The molecule has 4 heteroatoms. The summed E-state index contributed by atoms with van der Waals surface area (Å²) < 4.78 is 350. The number of benzene rings is 8. The van der Waals surface area contributed by atoms with Crippen molar-refractivity contribution in [3.05, 3.63) is 306 Å².